The molecule has 2 rings (SSSR count). The van der Waals surface area contributed by atoms with Gasteiger partial charge in [-0.3, -0.25) is 9.59 Å². The molecule has 2 aliphatic rings. The van der Waals surface area contributed by atoms with Crippen LogP contribution in [0.15, 0.2) is 0 Å². The van der Waals surface area contributed by atoms with E-state index in [0.717, 1.165) is 12.8 Å². The van der Waals surface area contributed by atoms with Crippen LogP contribution in [0.25, 0.3) is 0 Å². The summed E-state index contributed by atoms with van der Waals surface area (Å²) in [5.41, 5.74) is 5.94. The van der Waals surface area contributed by atoms with Crippen LogP contribution in [0.3, 0.4) is 0 Å². The van der Waals surface area contributed by atoms with Crippen LogP contribution >= 0.6 is 0 Å². The minimum Gasteiger partial charge on any atom is -0.338 e. The monoisotopic (exact) mass is 253 g/mol. The highest BCUT2D eigenvalue weighted by molar-refractivity contribution is 5.83. The van der Waals surface area contributed by atoms with E-state index in [1.165, 1.54) is 0 Å². The summed E-state index contributed by atoms with van der Waals surface area (Å²) in [6, 6.07) is -0.171. The Labute approximate surface area is 108 Å². The molecule has 0 saturated carbocycles. The Morgan fingerprint density at radius 3 is 2.83 bits per heavy atom. The van der Waals surface area contributed by atoms with Crippen LogP contribution in [0.1, 0.15) is 33.1 Å². The van der Waals surface area contributed by atoms with E-state index in [0.29, 0.717) is 32.0 Å². The van der Waals surface area contributed by atoms with Gasteiger partial charge in [0.25, 0.3) is 0 Å². The molecular formula is C13H23N3O2. The van der Waals surface area contributed by atoms with Gasteiger partial charge in [-0.15, -0.1) is 0 Å². The highest BCUT2D eigenvalue weighted by Crippen LogP contribution is 2.23. The summed E-state index contributed by atoms with van der Waals surface area (Å²) < 4.78 is 0. The Kier molecular flexibility index (Phi) is 3.90. The zero-order chi connectivity index (χ0) is 13.3. The number of amides is 2. The molecule has 2 aliphatic heterocycles. The maximum atomic E-state index is 12.2. The van der Waals surface area contributed by atoms with Crippen LogP contribution < -0.4 is 5.73 Å². The number of fused-ring (bicyclic) bond motifs is 1. The third-order valence-electron chi connectivity index (χ3n) is 3.85. The van der Waals surface area contributed by atoms with E-state index in [-0.39, 0.29) is 17.9 Å². The standard InChI is InChI=1S/C13H23N3O2/c1-9(2)7-11(14)13(18)15-5-6-16-10(8-15)3-4-12(16)17/h9-11H,3-8,14H2,1-2H3. The molecule has 2 N–H and O–H groups in total. The summed E-state index contributed by atoms with van der Waals surface area (Å²) in [4.78, 5) is 27.5. The molecular weight excluding hydrogens is 230 g/mol. The van der Waals surface area contributed by atoms with Crippen LogP contribution in [0.2, 0.25) is 0 Å². The summed E-state index contributed by atoms with van der Waals surface area (Å²) in [7, 11) is 0. The first-order valence-electron chi connectivity index (χ1n) is 6.83. The van der Waals surface area contributed by atoms with Crippen molar-refractivity contribution in [2.45, 2.75) is 45.2 Å². The maximum absolute atomic E-state index is 12.2. The molecule has 102 valence electrons. The first-order valence-corrected chi connectivity index (χ1v) is 6.83. The predicted octanol–water partition coefficient (Wildman–Crippen LogP) is 0.193. The second kappa shape index (κ2) is 5.26. The van der Waals surface area contributed by atoms with Crippen LogP contribution in [0, 0.1) is 5.92 Å². The Bertz CT molecular complexity index is 343. The summed E-state index contributed by atoms with van der Waals surface area (Å²) in [5.74, 6) is 0.708. The number of hydrogen-bond donors (Lipinski definition) is 1. The van der Waals surface area contributed by atoms with Crippen molar-refractivity contribution >= 4 is 11.8 Å². The fourth-order valence-corrected chi connectivity index (χ4v) is 2.91. The van der Waals surface area contributed by atoms with Crippen molar-refractivity contribution in [2.75, 3.05) is 19.6 Å². The molecule has 0 bridgehead atoms. The van der Waals surface area contributed by atoms with Crippen molar-refractivity contribution < 1.29 is 9.59 Å². The molecule has 2 atom stereocenters. The first kappa shape index (κ1) is 13.3. The SMILES string of the molecule is CC(C)CC(N)C(=O)N1CCN2C(=O)CCC2C1. The average molecular weight is 253 g/mol. The van der Waals surface area contributed by atoms with Gasteiger partial charge in [0.05, 0.1) is 6.04 Å². The minimum absolute atomic E-state index is 0.0442. The van der Waals surface area contributed by atoms with E-state index < -0.39 is 6.04 Å². The van der Waals surface area contributed by atoms with Gasteiger partial charge in [-0.2, -0.15) is 0 Å². The topological polar surface area (TPSA) is 66.6 Å². The molecule has 2 unspecified atom stereocenters. The summed E-state index contributed by atoms with van der Waals surface area (Å²) in [6.07, 6.45) is 2.23. The number of piperazine rings is 1. The lowest BCUT2D eigenvalue weighted by atomic mass is 10.0. The van der Waals surface area contributed by atoms with E-state index in [9.17, 15) is 9.59 Å². The highest BCUT2D eigenvalue weighted by atomic mass is 16.2. The molecule has 0 aliphatic carbocycles. The quantitative estimate of drug-likeness (QED) is 0.781. The highest BCUT2D eigenvalue weighted by Gasteiger charge is 2.37. The van der Waals surface area contributed by atoms with Crippen molar-refractivity contribution in [3.05, 3.63) is 0 Å². The predicted molar refractivity (Wildman–Crippen MR) is 68.7 cm³/mol. The van der Waals surface area contributed by atoms with Crippen LogP contribution in [0.5, 0.6) is 0 Å². The summed E-state index contributed by atoms with van der Waals surface area (Å²) in [6.45, 7) is 6.11. The zero-order valence-corrected chi connectivity index (χ0v) is 11.3. The van der Waals surface area contributed by atoms with E-state index in [1.807, 2.05) is 9.80 Å². The Balaban J connectivity index is 1.91. The smallest absolute Gasteiger partial charge is 0.239 e. The number of rotatable bonds is 3. The minimum atomic E-state index is -0.395. The normalized spacial score (nSPS) is 25.6. The van der Waals surface area contributed by atoms with Crippen molar-refractivity contribution in [1.82, 2.24) is 9.80 Å². The second-order valence-corrected chi connectivity index (χ2v) is 5.80. The fraction of sp³-hybridized carbons (Fsp3) is 0.846. The van der Waals surface area contributed by atoms with Gasteiger partial charge in [0.1, 0.15) is 0 Å². The zero-order valence-electron chi connectivity index (χ0n) is 11.3. The number of carbonyl (C=O) groups excluding carboxylic acids is 2. The lowest BCUT2D eigenvalue weighted by molar-refractivity contribution is -0.140. The lowest BCUT2D eigenvalue weighted by Gasteiger charge is -2.38. The molecule has 2 amide bonds. The molecule has 0 aromatic heterocycles. The molecule has 0 radical (unpaired) electrons. The summed E-state index contributed by atoms with van der Waals surface area (Å²) in [5, 5.41) is 0. The van der Waals surface area contributed by atoms with Gasteiger partial charge in [-0.1, -0.05) is 13.8 Å². The largest absolute Gasteiger partial charge is 0.338 e. The maximum Gasteiger partial charge on any atom is 0.239 e. The molecule has 18 heavy (non-hydrogen) atoms. The van der Waals surface area contributed by atoms with Gasteiger partial charge in [-0.05, 0) is 18.8 Å². The van der Waals surface area contributed by atoms with Crippen LogP contribution in [-0.2, 0) is 9.59 Å². The Morgan fingerprint density at radius 1 is 1.44 bits per heavy atom. The van der Waals surface area contributed by atoms with Gasteiger partial charge >= 0.3 is 0 Å². The van der Waals surface area contributed by atoms with Crippen molar-refractivity contribution in [3.8, 4) is 0 Å². The molecule has 0 spiro atoms. The Morgan fingerprint density at radius 2 is 2.17 bits per heavy atom. The molecule has 5 heteroatoms. The van der Waals surface area contributed by atoms with Gasteiger partial charge in [0.2, 0.25) is 11.8 Å². The van der Waals surface area contributed by atoms with Crippen LogP contribution in [-0.4, -0.2) is 53.3 Å². The van der Waals surface area contributed by atoms with E-state index in [4.69, 9.17) is 5.73 Å². The van der Waals surface area contributed by atoms with Gasteiger partial charge < -0.3 is 15.5 Å². The molecule has 5 nitrogen and oxygen atoms in total. The molecule has 2 saturated heterocycles. The van der Waals surface area contributed by atoms with Crippen molar-refractivity contribution in [2.24, 2.45) is 11.7 Å². The molecule has 2 fully saturated rings. The van der Waals surface area contributed by atoms with Crippen molar-refractivity contribution in [1.29, 1.82) is 0 Å². The van der Waals surface area contributed by atoms with E-state index >= 15 is 0 Å². The lowest BCUT2D eigenvalue weighted by Crippen LogP contribution is -2.56. The number of carbonyl (C=O) groups is 2. The van der Waals surface area contributed by atoms with Gasteiger partial charge in [0, 0.05) is 32.1 Å². The third kappa shape index (κ3) is 2.66. The van der Waals surface area contributed by atoms with Crippen molar-refractivity contribution in [3.63, 3.8) is 0 Å². The second-order valence-electron chi connectivity index (χ2n) is 5.80. The molecule has 2 heterocycles. The Hall–Kier alpha value is -1.10. The summed E-state index contributed by atoms with van der Waals surface area (Å²) >= 11 is 0. The average Bonchev–Trinajstić information content (AvgIpc) is 2.69. The van der Waals surface area contributed by atoms with Gasteiger partial charge in [0.15, 0.2) is 0 Å². The molecule has 0 aromatic rings. The number of nitrogens with zero attached hydrogens (tertiary/aromatic N) is 2. The number of hydrogen-bond acceptors (Lipinski definition) is 3. The van der Waals surface area contributed by atoms with E-state index in [2.05, 4.69) is 13.8 Å². The fourth-order valence-electron chi connectivity index (χ4n) is 2.91. The number of nitrogens with two attached hydrogens (primary N) is 1. The van der Waals surface area contributed by atoms with Gasteiger partial charge in [-0.25, -0.2) is 0 Å². The molecule has 0 aromatic carbocycles. The van der Waals surface area contributed by atoms with E-state index in [1.54, 1.807) is 0 Å². The first-order chi connectivity index (χ1) is 8.49. The van der Waals surface area contributed by atoms with Crippen LogP contribution in [0.4, 0.5) is 0 Å². The third-order valence-corrected chi connectivity index (χ3v) is 3.85.